The number of aromatic nitrogens is 1. The number of piperidine rings is 1. The molecule has 38 heavy (non-hydrogen) atoms. The lowest BCUT2D eigenvalue weighted by Gasteiger charge is -2.31. The quantitative estimate of drug-likeness (QED) is 0.305. The molecule has 0 spiro atoms. The Bertz CT molecular complexity index is 1510. The summed E-state index contributed by atoms with van der Waals surface area (Å²) in [4.78, 5) is 43.5. The van der Waals surface area contributed by atoms with Crippen LogP contribution in [-0.4, -0.2) is 47.2 Å². The summed E-state index contributed by atoms with van der Waals surface area (Å²) in [6.07, 6.45) is 1.58. The molecule has 1 fully saturated rings. The Balaban J connectivity index is 1.13. The Kier molecular flexibility index (Phi) is 7.28. The summed E-state index contributed by atoms with van der Waals surface area (Å²) < 4.78 is 11.2. The highest BCUT2D eigenvalue weighted by Crippen LogP contribution is 2.31. The van der Waals surface area contributed by atoms with E-state index < -0.39 is 0 Å². The number of ketones is 1. The van der Waals surface area contributed by atoms with E-state index in [1.165, 1.54) is 23.8 Å². The van der Waals surface area contributed by atoms with Crippen LogP contribution in [0.3, 0.4) is 0 Å². The first-order chi connectivity index (χ1) is 18.3. The number of ether oxygens (including phenoxy) is 1. The third-order valence-electron chi connectivity index (χ3n) is 6.91. The molecule has 5 rings (SSSR count). The van der Waals surface area contributed by atoms with Gasteiger partial charge in [-0.15, -0.1) is 11.3 Å². The lowest BCUT2D eigenvalue weighted by atomic mass is 9.97. The normalized spacial score (nSPS) is 14.0. The Hall–Kier alpha value is -3.98. The molecule has 1 aliphatic heterocycles. The number of carbonyl (C=O) groups excluding carboxylic acids is 3. The first-order valence-corrected chi connectivity index (χ1v) is 13.4. The maximum Gasteiger partial charge on any atom is 0.275 e. The van der Waals surface area contributed by atoms with E-state index in [1.807, 2.05) is 36.9 Å². The van der Waals surface area contributed by atoms with E-state index in [9.17, 15) is 14.4 Å². The Morgan fingerprint density at radius 2 is 1.87 bits per heavy atom. The van der Waals surface area contributed by atoms with E-state index in [2.05, 4.69) is 10.3 Å². The first kappa shape index (κ1) is 25.7. The van der Waals surface area contributed by atoms with Crippen LogP contribution in [-0.2, 0) is 4.79 Å². The number of amides is 2. The van der Waals surface area contributed by atoms with Gasteiger partial charge in [0, 0.05) is 42.4 Å². The molecule has 2 aromatic heterocycles. The van der Waals surface area contributed by atoms with Gasteiger partial charge in [-0.1, -0.05) is 6.07 Å². The smallest absolute Gasteiger partial charge is 0.275 e. The number of nitrogens with zero attached hydrogens (tertiary/aromatic N) is 2. The zero-order chi connectivity index (χ0) is 26.8. The first-order valence-electron chi connectivity index (χ1n) is 12.6. The molecule has 0 radical (unpaired) electrons. The van der Waals surface area contributed by atoms with E-state index in [-0.39, 0.29) is 35.9 Å². The average Bonchev–Trinajstić information content (AvgIpc) is 3.57. The maximum absolute atomic E-state index is 12.8. The number of benzene rings is 2. The van der Waals surface area contributed by atoms with E-state index in [0.29, 0.717) is 35.8 Å². The topological polar surface area (TPSA) is 102 Å². The van der Waals surface area contributed by atoms with Crippen LogP contribution in [0.5, 0.6) is 5.75 Å². The van der Waals surface area contributed by atoms with Crippen LogP contribution in [0.4, 0.5) is 5.69 Å². The number of fused-ring (bicyclic) bond motifs is 1. The minimum atomic E-state index is -0.293. The van der Waals surface area contributed by atoms with Crippen LogP contribution in [0.1, 0.15) is 62.9 Å². The number of hydrogen-bond donors (Lipinski definition) is 1. The molecule has 196 valence electrons. The van der Waals surface area contributed by atoms with Gasteiger partial charge in [-0.05, 0) is 74.2 Å². The molecule has 9 heteroatoms. The molecule has 2 amide bonds. The van der Waals surface area contributed by atoms with Crippen LogP contribution in [0.2, 0.25) is 0 Å². The van der Waals surface area contributed by atoms with E-state index in [1.54, 1.807) is 29.6 Å². The van der Waals surface area contributed by atoms with Crippen molar-refractivity contribution in [2.24, 2.45) is 0 Å². The SMILES string of the molecule is CC(=O)c1cc2cc(NC(=O)c3csc(C4CCN(C(=O)COc5ccc(C)c(C)c5)CC4)n3)ccc2o1. The standard InChI is InChI=1S/C29H29N3O5S/c1-17-4-6-23(12-18(17)2)36-15-27(34)32-10-8-20(9-11-32)29-31-24(16-38-29)28(35)30-22-5-7-25-21(13-22)14-26(37-25)19(3)33/h4-7,12-14,16,20H,8-11,15H2,1-3H3,(H,30,35). The highest BCUT2D eigenvalue weighted by Gasteiger charge is 2.26. The van der Waals surface area contributed by atoms with Gasteiger partial charge in [0.25, 0.3) is 11.8 Å². The fraction of sp³-hybridized carbons (Fsp3) is 0.310. The van der Waals surface area contributed by atoms with Crippen molar-refractivity contribution in [2.45, 2.75) is 39.5 Å². The summed E-state index contributed by atoms with van der Waals surface area (Å²) in [5.74, 6) is 0.731. The van der Waals surface area contributed by atoms with Crippen molar-refractivity contribution in [3.8, 4) is 5.75 Å². The third kappa shape index (κ3) is 5.62. The van der Waals surface area contributed by atoms with Crippen LogP contribution >= 0.6 is 11.3 Å². The largest absolute Gasteiger partial charge is 0.484 e. The molecule has 1 saturated heterocycles. The van der Waals surface area contributed by atoms with Gasteiger partial charge in [0.1, 0.15) is 17.0 Å². The molecule has 0 unspecified atom stereocenters. The van der Waals surface area contributed by atoms with Crippen molar-refractivity contribution in [3.05, 3.63) is 75.4 Å². The lowest BCUT2D eigenvalue weighted by Crippen LogP contribution is -2.40. The predicted octanol–water partition coefficient (Wildman–Crippen LogP) is 5.75. The third-order valence-corrected chi connectivity index (χ3v) is 7.92. The minimum Gasteiger partial charge on any atom is -0.484 e. The maximum atomic E-state index is 12.8. The highest BCUT2D eigenvalue weighted by atomic mass is 32.1. The monoisotopic (exact) mass is 531 g/mol. The zero-order valence-corrected chi connectivity index (χ0v) is 22.4. The lowest BCUT2D eigenvalue weighted by molar-refractivity contribution is -0.134. The highest BCUT2D eigenvalue weighted by molar-refractivity contribution is 7.10. The number of rotatable bonds is 7. The van der Waals surface area contributed by atoms with Gasteiger partial charge < -0.3 is 19.4 Å². The molecule has 0 saturated carbocycles. The van der Waals surface area contributed by atoms with Crippen LogP contribution in [0.25, 0.3) is 11.0 Å². The number of anilines is 1. The van der Waals surface area contributed by atoms with Gasteiger partial charge >= 0.3 is 0 Å². The van der Waals surface area contributed by atoms with Gasteiger partial charge in [0.05, 0.1) is 5.01 Å². The second-order valence-corrected chi connectivity index (χ2v) is 10.5. The van der Waals surface area contributed by atoms with E-state index in [0.717, 1.165) is 28.8 Å². The molecule has 0 atom stereocenters. The van der Waals surface area contributed by atoms with Crippen molar-refractivity contribution in [1.82, 2.24) is 9.88 Å². The summed E-state index contributed by atoms with van der Waals surface area (Å²) in [6.45, 7) is 6.80. The van der Waals surface area contributed by atoms with Crippen molar-refractivity contribution in [2.75, 3.05) is 25.0 Å². The van der Waals surface area contributed by atoms with Crippen LogP contribution < -0.4 is 10.1 Å². The number of aryl methyl sites for hydroxylation is 2. The zero-order valence-electron chi connectivity index (χ0n) is 21.6. The van der Waals surface area contributed by atoms with Gasteiger partial charge in [0.15, 0.2) is 18.2 Å². The molecule has 0 bridgehead atoms. The second-order valence-electron chi connectivity index (χ2n) is 9.63. The molecular weight excluding hydrogens is 502 g/mol. The Labute approximate surface area is 224 Å². The number of thiazole rings is 1. The van der Waals surface area contributed by atoms with Gasteiger partial charge in [-0.3, -0.25) is 14.4 Å². The fourth-order valence-electron chi connectivity index (χ4n) is 4.49. The van der Waals surface area contributed by atoms with Crippen molar-refractivity contribution in [1.29, 1.82) is 0 Å². The Morgan fingerprint density at radius 1 is 1.08 bits per heavy atom. The number of carbonyl (C=O) groups is 3. The average molecular weight is 532 g/mol. The molecule has 1 aliphatic rings. The number of Topliss-reactive ketones (excluding diaryl/α,β-unsaturated/α-hetero) is 1. The molecular formula is C29H29N3O5S. The summed E-state index contributed by atoms with van der Waals surface area (Å²) in [5, 5.41) is 6.29. The van der Waals surface area contributed by atoms with Gasteiger partial charge in [-0.25, -0.2) is 4.98 Å². The molecule has 3 heterocycles. The fourth-order valence-corrected chi connectivity index (χ4v) is 5.46. The molecule has 4 aromatic rings. The minimum absolute atomic E-state index is 0.0223. The summed E-state index contributed by atoms with van der Waals surface area (Å²) >= 11 is 1.47. The molecule has 0 aliphatic carbocycles. The van der Waals surface area contributed by atoms with Crippen molar-refractivity contribution < 1.29 is 23.5 Å². The number of likely N-dealkylation sites (tertiary alicyclic amines) is 1. The van der Waals surface area contributed by atoms with Crippen LogP contribution in [0, 0.1) is 13.8 Å². The molecule has 1 N–H and O–H groups in total. The number of hydrogen-bond acceptors (Lipinski definition) is 7. The summed E-state index contributed by atoms with van der Waals surface area (Å²) in [6, 6.07) is 12.7. The van der Waals surface area contributed by atoms with Crippen molar-refractivity contribution in [3.63, 3.8) is 0 Å². The van der Waals surface area contributed by atoms with Gasteiger partial charge in [-0.2, -0.15) is 0 Å². The Morgan fingerprint density at radius 3 is 2.61 bits per heavy atom. The summed E-state index contributed by atoms with van der Waals surface area (Å²) in [7, 11) is 0. The molecule has 2 aromatic carbocycles. The molecule has 8 nitrogen and oxygen atoms in total. The number of nitrogens with one attached hydrogen (secondary N) is 1. The van der Waals surface area contributed by atoms with Crippen LogP contribution in [0.15, 0.2) is 52.3 Å². The summed E-state index contributed by atoms with van der Waals surface area (Å²) in [5.41, 5.74) is 3.87. The van der Waals surface area contributed by atoms with Crippen molar-refractivity contribution >= 4 is 45.6 Å². The van der Waals surface area contributed by atoms with Gasteiger partial charge in [0.2, 0.25) is 0 Å². The predicted molar refractivity (Wildman–Crippen MR) is 146 cm³/mol. The number of furan rings is 1. The van der Waals surface area contributed by atoms with E-state index >= 15 is 0 Å². The second kappa shape index (κ2) is 10.8. The van der Waals surface area contributed by atoms with E-state index in [4.69, 9.17) is 9.15 Å².